The first-order valence-corrected chi connectivity index (χ1v) is 13.0. The van der Waals surface area contributed by atoms with Crippen LogP contribution in [0.25, 0.3) is 0 Å². The van der Waals surface area contributed by atoms with Crippen molar-refractivity contribution in [2.24, 2.45) is 17.8 Å². The van der Waals surface area contributed by atoms with Gasteiger partial charge in [0.1, 0.15) is 6.54 Å². The molecule has 1 heterocycles. The molecule has 4 aliphatic carbocycles. The molecule has 0 spiro atoms. The number of hydrogen-bond donors (Lipinski definition) is 0. The third kappa shape index (κ3) is 3.58. The lowest BCUT2D eigenvalue weighted by Gasteiger charge is -2.57. The van der Waals surface area contributed by atoms with E-state index in [1.54, 1.807) is 4.90 Å². The standard InChI is InChI=1S/C23H32N2O3S/c1-29(27,28)25(16-22(26)24-8-2-3-9-24)21-6-4-20(5-7-21)23-13-17-10-18(14-23)12-19(11-17)15-23/h4-7,17-19H,2-3,8-16H2,1H3. The van der Waals surface area contributed by atoms with E-state index < -0.39 is 10.0 Å². The number of nitrogens with zero attached hydrogens (tertiary/aromatic N) is 2. The monoisotopic (exact) mass is 416 g/mol. The van der Waals surface area contributed by atoms with Gasteiger partial charge < -0.3 is 4.90 Å². The van der Waals surface area contributed by atoms with Crippen LogP contribution in [0, 0.1) is 17.8 Å². The van der Waals surface area contributed by atoms with Crippen molar-refractivity contribution < 1.29 is 13.2 Å². The predicted octanol–water partition coefficient (Wildman–Crippen LogP) is 3.54. The highest BCUT2D eigenvalue weighted by atomic mass is 32.2. The van der Waals surface area contributed by atoms with E-state index >= 15 is 0 Å². The Kier molecular flexibility index (Phi) is 4.68. The van der Waals surface area contributed by atoms with E-state index in [1.807, 2.05) is 12.1 Å². The van der Waals surface area contributed by atoms with Crippen molar-refractivity contribution in [3.05, 3.63) is 29.8 Å². The molecule has 1 aliphatic heterocycles. The van der Waals surface area contributed by atoms with Gasteiger partial charge in [0.25, 0.3) is 0 Å². The van der Waals surface area contributed by atoms with Crippen LogP contribution < -0.4 is 4.31 Å². The second kappa shape index (κ2) is 7.00. The summed E-state index contributed by atoms with van der Waals surface area (Å²) in [7, 11) is -3.51. The Labute approximate surface area is 174 Å². The second-order valence-electron chi connectivity index (χ2n) is 10.1. The molecular formula is C23H32N2O3S. The number of carbonyl (C=O) groups is 1. The van der Waals surface area contributed by atoms with Gasteiger partial charge in [0.15, 0.2) is 0 Å². The predicted molar refractivity (Wildman–Crippen MR) is 114 cm³/mol. The highest BCUT2D eigenvalue weighted by molar-refractivity contribution is 7.92. The maximum atomic E-state index is 12.6. The molecule has 0 radical (unpaired) electrons. The van der Waals surface area contributed by atoms with Crippen LogP contribution >= 0.6 is 0 Å². The van der Waals surface area contributed by atoms with Crippen molar-refractivity contribution in [1.29, 1.82) is 0 Å². The summed E-state index contributed by atoms with van der Waals surface area (Å²) in [6.07, 6.45) is 11.3. The topological polar surface area (TPSA) is 57.7 Å². The van der Waals surface area contributed by atoms with Gasteiger partial charge in [0.2, 0.25) is 15.9 Å². The minimum absolute atomic E-state index is 0.0990. The van der Waals surface area contributed by atoms with Crippen LogP contribution in [-0.2, 0) is 20.2 Å². The first-order valence-electron chi connectivity index (χ1n) is 11.2. The van der Waals surface area contributed by atoms with Crippen LogP contribution in [0.1, 0.15) is 56.9 Å². The summed E-state index contributed by atoms with van der Waals surface area (Å²) in [4.78, 5) is 14.4. The quantitative estimate of drug-likeness (QED) is 0.738. The zero-order valence-electron chi connectivity index (χ0n) is 17.3. The van der Waals surface area contributed by atoms with Gasteiger partial charge >= 0.3 is 0 Å². The number of carbonyl (C=O) groups excluding carboxylic acids is 1. The summed E-state index contributed by atoms with van der Waals surface area (Å²) in [5.74, 6) is 2.54. The minimum Gasteiger partial charge on any atom is -0.341 e. The first kappa shape index (κ1) is 19.4. The fourth-order valence-corrected chi connectivity index (χ4v) is 7.88. The smallest absolute Gasteiger partial charge is 0.243 e. The summed E-state index contributed by atoms with van der Waals surface area (Å²) in [6.45, 7) is 1.37. The van der Waals surface area contributed by atoms with E-state index in [1.165, 1.54) is 54.6 Å². The lowest BCUT2D eigenvalue weighted by molar-refractivity contribution is -0.128. The molecule has 5 nitrogen and oxygen atoms in total. The second-order valence-corrected chi connectivity index (χ2v) is 12.0. The zero-order chi connectivity index (χ0) is 20.2. The van der Waals surface area contributed by atoms with E-state index in [0.717, 1.165) is 43.7 Å². The summed E-state index contributed by atoms with van der Waals surface area (Å²) < 4.78 is 26.2. The van der Waals surface area contributed by atoms with E-state index in [0.29, 0.717) is 11.1 Å². The normalized spacial score (nSPS) is 33.3. The number of benzene rings is 1. The third-order valence-corrected chi connectivity index (χ3v) is 9.08. The number of amides is 1. The van der Waals surface area contributed by atoms with Gasteiger partial charge in [-0.05, 0) is 92.2 Å². The number of likely N-dealkylation sites (tertiary alicyclic amines) is 1. The highest BCUT2D eigenvalue weighted by Crippen LogP contribution is 2.60. The van der Waals surface area contributed by atoms with Gasteiger partial charge in [-0.2, -0.15) is 0 Å². The molecule has 29 heavy (non-hydrogen) atoms. The molecule has 6 rings (SSSR count). The van der Waals surface area contributed by atoms with Crippen molar-refractivity contribution in [2.75, 3.05) is 30.2 Å². The van der Waals surface area contributed by atoms with Crippen LogP contribution in [0.15, 0.2) is 24.3 Å². The van der Waals surface area contributed by atoms with Crippen molar-refractivity contribution in [2.45, 2.75) is 56.8 Å². The van der Waals surface area contributed by atoms with Gasteiger partial charge in [-0.1, -0.05) is 12.1 Å². The molecule has 5 aliphatic rings. The van der Waals surface area contributed by atoms with E-state index in [9.17, 15) is 13.2 Å². The van der Waals surface area contributed by atoms with Crippen molar-refractivity contribution in [3.63, 3.8) is 0 Å². The van der Waals surface area contributed by atoms with Crippen LogP contribution in [0.4, 0.5) is 5.69 Å². The van der Waals surface area contributed by atoms with Crippen molar-refractivity contribution in [3.8, 4) is 0 Å². The van der Waals surface area contributed by atoms with Gasteiger partial charge in [-0.15, -0.1) is 0 Å². The zero-order valence-corrected chi connectivity index (χ0v) is 18.2. The molecule has 1 saturated heterocycles. The molecule has 0 atom stereocenters. The van der Waals surface area contributed by atoms with Gasteiger partial charge in [0, 0.05) is 13.1 Å². The largest absolute Gasteiger partial charge is 0.341 e. The van der Waals surface area contributed by atoms with Gasteiger partial charge in [0.05, 0.1) is 11.9 Å². The average molecular weight is 417 g/mol. The Morgan fingerprint density at radius 1 is 1.00 bits per heavy atom. The fourth-order valence-electron chi connectivity index (χ4n) is 7.03. The first-order chi connectivity index (χ1) is 13.8. The molecule has 6 heteroatoms. The van der Waals surface area contributed by atoms with Crippen LogP contribution in [0.5, 0.6) is 0 Å². The molecule has 0 aromatic heterocycles. The summed E-state index contributed by atoms with van der Waals surface area (Å²) in [6, 6.07) is 8.13. The van der Waals surface area contributed by atoms with Gasteiger partial charge in [-0.25, -0.2) is 8.42 Å². The van der Waals surface area contributed by atoms with Crippen LogP contribution in [0.3, 0.4) is 0 Å². The summed E-state index contributed by atoms with van der Waals surface area (Å²) in [5.41, 5.74) is 2.28. The molecule has 5 fully saturated rings. The SMILES string of the molecule is CS(=O)(=O)N(CC(=O)N1CCCC1)c1ccc(C23CC4CC(CC(C4)C2)C3)cc1. The Morgan fingerprint density at radius 2 is 1.52 bits per heavy atom. The third-order valence-electron chi connectivity index (χ3n) is 7.94. The number of rotatable bonds is 5. The molecule has 4 bridgehead atoms. The van der Waals surface area contributed by atoms with E-state index in [4.69, 9.17) is 0 Å². The van der Waals surface area contributed by atoms with E-state index in [2.05, 4.69) is 12.1 Å². The molecule has 1 aromatic rings. The number of hydrogen-bond acceptors (Lipinski definition) is 3. The Hall–Kier alpha value is -1.56. The maximum absolute atomic E-state index is 12.6. The summed E-state index contributed by atoms with van der Waals surface area (Å²) >= 11 is 0. The molecule has 1 amide bonds. The average Bonchev–Trinajstić information content (AvgIpc) is 3.19. The molecule has 158 valence electrons. The molecule has 4 saturated carbocycles. The lowest BCUT2D eigenvalue weighted by atomic mass is 9.48. The molecule has 1 aromatic carbocycles. The molecule has 0 unspecified atom stereocenters. The summed E-state index contributed by atoms with van der Waals surface area (Å²) in [5, 5.41) is 0. The van der Waals surface area contributed by atoms with Gasteiger partial charge in [-0.3, -0.25) is 9.10 Å². The Morgan fingerprint density at radius 3 is 2.00 bits per heavy atom. The maximum Gasteiger partial charge on any atom is 0.243 e. The molecule has 0 N–H and O–H groups in total. The van der Waals surface area contributed by atoms with Crippen LogP contribution in [-0.4, -0.2) is 45.1 Å². The fraction of sp³-hybridized carbons (Fsp3) is 0.696. The van der Waals surface area contributed by atoms with E-state index in [-0.39, 0.29) is 12.5 Å². The number of sulfonamides is 1. The number of anilines is 1. The Bertz CT molecular complexity index is 852. The van der Waals surface area contributed by atoms with Crippen molar-refractivity contribution >= 4 is 21.6 Å². The highest BCUT2D eigenvalue weighted by Gasteiger charge is 2.51. The minimum atomic E-state index is -3.51. The Balaban J connectivity index is 1.38. The lowest BCUT2D eigenvalue weighted by Crippen LogP contribution is -2.48. The van der Waals surface area contributed by atoms with Crippen LogP contribution in [0.2, 0.25) is 0 Å². The van der Waals surface area contributed by atoms with Crippen molar-refractivity contribution in [1.82, 2.24) is 4.90 Å². The molecular weight excluding hydrogens is 384 g/mol.